The van der Waals surface area contributed by atoms with Crippen molar-refractivity contribution in [3.8, 4) is 0 Å². The van der Waals surface area contributed by atoms with Crippen LogP contribution in [0, 0.1) is 0 Å². The van der Waals surface area contributed by atoms with Gasteiger partial charge in [-0.3, -0.25) is 4.79 Å². The summed E-state index contributed by atoms with van der Waals surface area (Å²) in [6.07, 6.45) is 0. The highest BCUT2D eigenvalue weighted by Crippen LogP contribution is 2.20. The zero-order valence-electron chi connectivity index (χ0n) is 13.0. The van der Waals surface area contributed by atoms with Gasteiger partial charge in [0.25, 0.3) is 5.56 Å². The molecule has 0 radical (unpaired) electrons. The molecule has 6 heteroatoms. The highest BCUT2D eigenvalue weighted by atomic mass is 35.5. The number of benzene rings is 2. The SMILES string of the molecule is O=c1ccc2cc(NCc3cc4cc(Cl)ccc4[nH]c3=O)ccc2o1. The standard InChI is InChI=1S/C19H13ClN2O3/c20-14-2-4-16-12(8-14)7-13(19(24)22-16)10-21-15-3-5-17-11(9-15)1-6-18(23)25-17/h1-9,21H,10H2,(H,22,24). The first-order chi connectivity index (χ1) is 12.1. The zero-order valence-corrected chi connectivity index (χ0v) is 13.8. The molecular weight excluding hydrogens is 340 g/mol. The zero-order chi connectivity index (χ0) is 17.4. The largest absolute Gasteiger partial charge is 0.423 e. The van der Waals surface area contributed by atoms with Gasteiger partial charge in [-0.15, -0.1) is 0 Å². The number of hydrogen-bond donors (Lipinski definition) is 2. The molecule has 4 aromatic rings. The van der Waals surface area contributed by atoms with Gasteiger partial charge in [-0.25, -0.2) is 4.79 Å². The number of fused-ring (bicyclic) bond motifs is 2. The van der Waals surface area contributed by atoms with Crippen molar-refractivity contribution in [2.75, 3.05) is 5.32 Å². The number of aromatic amines is 1. The number of aromatic nitrogens is 1. The van der Waals surface area contributed by atoms with Crippen molar-refractivity contribution in [1.29, 1.82) is 0 Å². The molecule has 124 valence electrons. The molecule has 2 aromatic heterocycles. The fraction of sp³-hybridized carbons (Fsp3) is 0.0526. The second-order valence-electron chi connectivity index (χ2n) is 5.72. The summed E-state index contributed by atoms with van der Waals surface area (Å²) in [4.78, 5) is 26.3. The Kier molecular flexibility index (Phi) is 3.78. The van der Waals surface area contributed by atoms with E-state index in [1.807, 2.05) is 18.2 Å². The summed E-state index contributed by atoms with van der Waals surface area (Å²) in [5, 5.41) is 5.52. The fourth-order valence-corrected chi connectivity index (χ4v) is 2.91. The molecule has 2 N–H and O–H groups in total. The topological polar surface area (TPSA) is 75.1 Å². The van der Waals surface area contributed by atoms with Crippen molar-refractivity contribution >= 4 is 39.2 Å². The number of pyridine rings is 1. The van der Waals surface area contributed by atoms with Crippen LogP contribution in [-0.4, -0.2) is 4.98 Å². The van der Waals surface area contributed by atoms with Crippen molar-refractivity contribution < 1.29 is 4.42 Å². The summed E-state index contributed by atoms with van der Waals surface area (Å²) < 4.78 is 5.11. The second-order valence-corrected chi connectivity index (χ2v) is 6.15. The van der Waals surface area contributed by atoms with Gasteiger partial charge in [0.05, 0.1) is 0 Å². The van der Waals surface area contributed by atoms with Crippen LogP contribution in [-0.2, 0) is 6.54 Å². The Morgan fingerprint density at radius 1 is 0.960 bits per heavy atom. The van der Waals surface area contributed by atoms with E-state index in [2.05, 4.69) is 10.3 Å². The highest BCUT2D eigenvalue weighted by molar-refractivity contribution is 6.31. The van der Waals surface area contributed by atoms with Gasteiger partial charge in [-0.2, -0.15) is 0 Å². The van der Waals surface area contributed by atoms with Gasteiger partial charge in [0.2, 0.25) is 0 Å². The lowest BCUT2D eigenvalue weighted by atomic mass is 10.1. The summed E-state index contributed by atoms with van der Waals surface area (Å²) >= 11 is 6.01. The first-order valence-corrected chi connectivity index (χ1v) is 8.05. The van der Waals surface area contributed by atoms with E-state index in [0.717, 1.165) is 22.0 Å². The third kappa shape index (κ3) is 3.14. The quantitative estimate of drug-likeness (QED) is 0.548. The summed E-state index contributed by atoms with van der Waals surface area (Å²) in [7, 11) is 0. The van der Waals surface area contributed by atoms with E-state index in [1.165, 1.54) is 6.07 Å². The van der Waals surface area contributed by atoms with E-state index >= 15 is 0 Å². The minimum absolute atomic E-state index is 0.144. The molecule has 0 bridgehead atoms. The van der Waals surface area contributed by atoms with Gasteiger partial charge in [0.15, 0.2) is 0 Å². The smallest absolute Gasteiger partial charge is 0.336 e. The molecule has 0 unspecified atom stereocenters. The monoisotopic (exact) mass is 352 g/mol. The number of anilines is 1. The number of H-pyrrole nitrogens is 1. The second kappa shape index (κ2) is 6.11. The normalized spacial score (nSPS) is 11.1. The lowest BCUT2D eigenvalue weighted by Gasteiger charge is -2.08. The van der Waals surface area contributed by atoms with E-state index in [4.69, 9.17) is 16.0 Å². The molecule has 0 spiro atoms. The van der Waals surface area contributed by atoms with E-state index in [0.29, 0.717) is 22.7 Å². The molecular formula is C19H13ClN2O3. The average molecular weight is 353 g/mol. The predicted octanol–water partition coefficient (Wildman–Crippen LogP) is 3.90. The van der Waals surface area contributed by atoms with Gasteiger partial charge in [0, 0.05) is 45.2 Å². The van der Waals surface area contributed by atoms with Gasteiger partial charge in [-0.1, -0.05) is 11.6 Å². The molecule has 0 saturated carbocycles. The third-order valence-electron chi connectivity index (χ3n) is 3.99. The van der Waals surface area contributed by atoms with Crippen LogP contribution in [0.3, 0.4) is 0 Å². The van der Waals surface area contributed by atoms with Crippen molar-refractivity contribution in [2.45, 2.75) is 6.54 Å². The molecule has 0 amide bonds. The van der Waals surface area contributed by atoms with Crippen molar-refractivity contribution in [1.82, 2.24) is 4.98 Å². The van der Waals surface area contributed by atoms with Crippen LogP contribution < -0.4 is 16.5 Å². The van der Waals surface area contributed by atoms with Crippen LogP contribution in [0.25, 0.3) is 21.9 Å². The van der Waals surface area contributed by atoms with E-state index < -0.39 is 0 Å². The van der Waals surface area contributed by atoms with Crippen LogP contribution in [0.5, 0.6) is 0 Å². The Morgan fingerprint density at radius 3 is 2.72 bits per heavy atom. The van der Waals surface area contributed by atoms with E-state index in [9.17, 15) is 9.59 Å². The van der Waals surface area contributed by atoms with Gasteiger partial charge in [0.1, 0.15) is 5.58 Å². The van der Waals surface area contributed by atoms with Crippen molar-refractivity contribution in [3.05, 3.63) is 86.0 Å². The van der Waals surface area contributed by atoms with E-state index in [1.54, 1.807) is 30.3 Å². The first-order valence-electron chi connectivity index (χ1n) is 7.68. The molecule has 0 aliphatic heterocycles. The maximum absolute atomic E-state index is 12.2. The summed E-state index contributed by atoms with van der Waals surface area (Å²) in [5.41, 5.74) is 2.18. The summed E-state index contributed by atoms with van der Waals surface area (Å²) in [5.74, 6) is 0. The molecule has 0 fully saturated rings. The number of hydrogen-bond acceptors (Lipinski definition) is 4. The van der Waals surface area contributed by atoms with Gasteiger partial charge < -0.3 is 14.7 Å². The van der Waals surface area contributed by atoms with Gasteiger partial charge in [-0.05, 0) is 48.5 Å². The van der Waals surface area contributed by atoms with Crippen LogP contribution in [0.15, 0.2) is 68.6 Å². The molecule has 2 heterocycles. The predicted molar refractivity (Wildman–Crippen MR) is 99.4 cm³/mol. The molecule has 0 aliphatic rings. The lowest BCUT2D eigenvalue weighted by molar-refractivity contribution is 0.561. The van der Waals surface area contributed by atoms with Crippen LogP contribution >= 0.6 is 11.6 Å². The Bertz CT molecular complexity index is 1210. The Labute approximate surface area is 146 Å². The number of nitrogens with one attached hydrogen (secondary N) is 2. The Morgan fingerprint density at radius 2 is 1.84 bits per heavy atom. The van der Waals surface area contributed by atoms with Crippen LogP contribution in [0.2, 0.25) is 5.02 Å². The van der Waals surface area contributed by atoms with Gasteiger partial charge >= 0.3 is 5.63 Å². The maximum Gasteiger partial charge on any atom is 0.336 e. The summed E-state index contributed by atoms with van der Waals surface area (Å²) in [6, 6.07) is 15.6. The Balaban J connectivity index is 1.63. The van der Waals surface area contributed by atoms with E-state index in [-0.39, 0.29) is 11.2 Å². The molecule has 5 nitrogen and oxygen atoms in total. The minimum atomic E-state index is -0.380. The van der Waals surface area contributed by atoms with Crippen LogP contribution in [0.1, 0.15) is 5.56 Å². The van der Waals surface area contributed by atoms with Crippen molar-refractivity contribution in [3.63, 3.8) is 0 Å². The molecule has 2 aromatic carbocycles. The van der Waals surface area contributed by atoms with Crippen molar-refractivity contribution in [2.24, 2.45) is 0 Å². The lowest BCUT2D eigenvalue weighted by Crippen LogP contribution is -2.15. The first kappa shape index (κ1) is 15.5. The Hall–Kier alpha value is -3.05. The molecule has 4 rings (SSSR count). The number of halogens is 1. The molecule has 0 aliphatic carbocycles. The average Bonchev–Trinajstić information content (AvgIpc) is 2.60. The maximum atomic E-state index is 12.2. The summed E-state index contributed by atoms with van der Waals surface area (Å²) in [6.45, 7) is 0.361. The number of rotatable bonds is 3. The van der Waals surface area contributed by atoms with Crippen LogP contribution in [0.4, 0.5) is 5.69 Å². The molecule has 0 atom stereocenters. The molecule has 0 saturated heterocycles. The fourth-order valence-electron chi connectivity index (χ4n) is 2.73. The third-order valence-corrected chi connectivity index (χ3v) is 4.22. The molecule has 25 heavy (non-hydrogen) atoms. The minimum Gasteiger partial charge on any atom is -0.423 e. The highest BCUT2D eigenvalue weighted by Gasteiger charge is 2.05.